The first kappa shape index (κ1) is 18.7. The third kappa shape index (κ3) is 4.27. The maximum absolute atomic E-state index is 12.4. The van der Waals surface area contributed by atoms with Gasteiger partial charge in [0.2, 0.25) is 17.6 Å². The SMILES string of the molecule is O=C1COC(Nc2ccccc2)=C1C(=O)OCc1nnc(-c2ccc(Cl)cc2)o1. The highest BCUT2D eigenvalue weighted by molar-refractivity contribution is 6.30. The molecule has 0 spiro atoms. The van der Waals surface area contributed by atoms with Crippen LogP contribution in [0.3, 0.4) is 0 Å². The molecule has 146 valence electrons. The number of para-hydroxylation sites is 1. The second kappa shape index (κ2) is 8.15. The van der Waals surface area contributed by atoms with Crippen LogP contribution in [0.5, 0.6) is 0 Å². The van der Waals surface area contributed by atoms with Crippen LogP contribution < -0.4 is 5.32 Å². The Morgan fingerprint density at radius 2 is 1.86 bits per heavy atom. The summed E-state index contributed by atoms with van der Waals surface area (Å²) in [6, 6.07) is 15.9. The number of esters is 1. The maximum Gasteiger partial charge on any atom is 0.347 e. The van der Waals surface area contributed by atoms with Crippen molar-refractivity contribution in [1.29, 1.82) is 0 Å². The van der Waals surface area contributed by atoms with E-state index in [1.54, 1.807) is 36.4 Å². The molecule has 3 aromatic rings. The van der Waals surface area contributed by atoms with E-state index in [2.05, 4.69) is 15.5 Å². The van der Waals surface area contributed by atoms with Gasteiger partial charge in [-0.15, -0.1) is 10.2 Å². The molecule has 0 bridgehead atoms. The van der Waals surface area contributed by atoms with Crippen LogP contribution in [0.4, 0.5) is 5.69 Å². The number of aromatic nitrogens is 2. The highest BCUT2D eigenvalue weighted by atomic mass is 35.5. The molecule has 2 aromatic carbocycles. The number of hydrogen-bond donors (Lipinski definition) is 1. The van der Waals surface area contributed by atoms with Gasteiger partial charge in [0.25, 0.3) is 5.89 Å². The zero-order valence-corrected chi connectivity index (χ0v) is 15.7. The van der Waals surface area contributed by atoms with Crippen molar-refractivity contribution in [2.75, 3.05) is 11.9 Å². The summed E-state index contributed by atoms with van der Waals surface area (Å²) >= 11 is 5.85. The minimum Gasteiger partial charge on any atom is -0.470 e. The van der Waals surface area contributed by atoms with Crippen molar-refractivity contribution in [1.82, 2.24) is 10.2 Å². The normalized spacial score (nSPS) is 13.3. The fraction of sp³-hybridized carbons (Fsp3) is 0.100. The third-order valence-electron chi connectivity index (χ3n) is 3.97. The van der Waals surface area contributed by atoms with Crippen LogP contribution in [0, 0.1) is 0 Å². The number of Topliss-reactive ketones (excluding diaryl/α,β-unsaturated/α-hetero) is 1. The van der Waals surface area contributed by atoms with Gasteiger partial charge in [0.15, 0.2) is 18.8 Å². The number of hydrogen-bond acceptors (Lipinski definition) is 8. The Morgan fingerprint density at radius 1 is 1.10 bits per heavy atom. The standard InChI is InChI=1S/C20H14ClN3O5/c21-13-8-6-12(7-9-13)18-24-23-16(29-18)11-28-20(26)17-15(25)10-27-19(17)22-14-4-2-1-3-5-14/h1-9,22H,10-11H2. The lowest BCUT2D eigenvalue weighted by molar-refractivity contribution is -0.142. The summed E-state index contributed by atoms with van der Waals surface area (Å²) in [6.07, 6.45) is 0. The number of carbonyl (C=O) groups is 2. The van der Waals surface area contributed by atoms with Gasteiger partial charge in [0.1, 0.15) is 0 Å². The molecule has 1 aliphatic heterocycles. The van der Waals surface area contributed by atoms with E-state index < -0.39 is 11.8 Å². The summed E-state index contributed by atoms with van der Waals surface area (Å²) in [7, 11) is 0. The molecule has 0 aliphatic carbocycles. The topological polar surface area (TPSA) is 104 Å². The average Bonchev–Trinajstić information content (AvgIpc) is 3.34. The summed E-state index contributed by atoms with van der Waals surface area (Å²) in [5.41, 5.74) is 1.16. The van der Waals surface area contributed by atoms with Gasteiger partial charge in [0.05, 0.1) is 0 Å². The first-order chi connectivity index (χ1) is 14.1. The molecular weight excluding hydrogens is 398 g/mol. The Hall–Kier alpha value is -3.65. The highest BCUT2D eigenvalue weighted by Crippen LogP contribution is 2.22. The minimum atomic E-state index is -0.836. The molecule has 4 rings (SSSR count). The van der Waals surface area contributed by atoms with Gasteiger partial charge in [-0.1, -0.05) is 29.8 Å². The minimum absolute atomic E-state index is 0.0542. The van der Waals surface area contributed by atoms with Crippen molar-refractivity contribution in [2.45, 2.75) is 6.61 Å². The zero-order chi connectivity index (χ0) is 20.2. The summed E-state index contributed by atoms with van der Waals surface area (Å²) < 4.78 is 15.9. The monoisotopic (exact) mass is 411 g/mol. The van der Waals surface area contributed by atoms with Crippen LogP contribution in [0.2, 0.25) is 5.02 Å². The van der Waals surface area contributed by atoms with Crippen molar-refractivity contribution in [2.24, 2.45) is 0 Å². The van der Waals surface area contributed by atoms with Gasteiger partial charge in [-0.3, -0.25) is 4.79 Å². The van der Waals surface area contributed by atoms with E-state index in [4.69, 9.17) is 25.5 Å². The van der Waals surface area contributed by atoms with Crippen LogP contribution in [0.25, 0.3) is 11.5 Å². The van der Waals surface area contributed by atoms with Crippen molar-refractivity contribution in [3.05, 3.63) is 77.0 Å². The van der Waals surface area contributed by atoms with Crippen molar-refractivity contribution < 1.29 is 23.5 Å². The van der Waals surface area contributed by atoms with E-state index in [0.717, 1.165) is 0 Å². The Bertz CT molecular complexity index is 1080. The molecule has 0 saturated carbocycles. The Morgan fingerprint density at radius 3 is 2.62 bits per heavy atom. The van der Waals surface area contributed by atoms with Gasteiger partial charge >= 0.3 is 5.97 Å². The molecule has 0 fully saturated rings. The average molecular weight is 412 g/mol. The predicted molar refractivity (Wildman–Crippen MR) is 103 cm³/mol. The number of nitrogens with one attached hydrogen (secondary N) is 1. The second-order valence-corrected chi connectivity index (χ2v) is 6.43. The molecule has 0 radical (unpaired) electrons. The van der Waals surface area contributed by atoms with Gasteiger partial charge < -0.3 is 19.2 Å². The van der Waals surface area contributed by atoms with Crippen LogP contribution in [-0.2, 0) is 25.7 Å². The molecule has 0 saturated heterocycles. The lowest BCUT2D eigenvalue weighted by atomic mass is 10.2. The summed E-state index contributed by atoms with van der Waals surface area (Å²) in [4.78, 5) is 24.5. The number of anilines is 1. The summed E-state index contributed by atoms with van der Waals surface area (Å²) in [5.74, 6) is -0.900. The molecule has 0 unspecified atom stereocenters. The van der Waals surface area contributed by atoms with Gasteiger partial charge in [0, 0.05) is 16.3 Å². The summed E-state index contributed by atoms with van der Waals surface area (Å²) in [5, 5.41) is 11.2. The van der Waals surface area contributed by atoms with Crippen LogP contribution in [0.15, 0.2) is 70.5 Å². The molecule has 2 heterocycles. The Kier molecular flexibility index (Phi) is 5.26. The maximum atomic E-state index is 12.4. The number of benzene rings is 2. The molecule has 9 heteroatoms. The zero-order valence-electron chi connectivity index (χ0n) is 14.9. The van der Waals surface area contributed by atoms with Gasteiger partial charge in [-0.2, -0.15) is 0 Å². The van der Waals surface area contributed by atoms with Gasteiger partial charge in [-0.05, 0) is 36.4 Å². The van der Waals surface area contributed by atoms with Crippen molar-refractivity contribution >= 4 is 29.0 Å². The quantitative estimate of drug-likeness (QED) is 0.486. The van der Waals surface area contributed by atoms with Crippen LogP contribution in [-0.4, -0.2) is 28.6 Å². The summed E-state index contributed by atoms with van der Waals surface area (Å²) in [6.45, 7) is -0.518. The molecule has 0 amide bonds. The largest absolute Gasteiger partial charge is 0.470 e. The van der Waals surface area contributed by atoms with E-state index in [9.17, 15) is 9.59 Å². The molecular formula is C20H14ClN3O5. The lowest BCUT2D eigenvalue weighted by Crippen LogP contribution is -2.16. The molecule has 8 nitrogen and oxygen atoms in total. The molecule has 1 aliphatic rings. The number of ether oxygens (including phenoxy) is 2. The molecule has 29 heavy (non-hydrogen) atoms. The van der Waals surface area contributed by atoms with E-state index in [-0.39, 0.29) is 36.5 Å². The number of ketones is 1. The van der Waals surface area contributed by atoms with E-state index in [0.29, 0.717) is 16.3 Å². The van der Waals surface area contributed by atoms with E-state index >= 15 is 0 Å². The van der Waals surface area contributed by atoms with E-state index in [1.165, 1.54) is 0 Å². The molecule has 1 aromatic heterocycles. The van der Waals surface area contributed by atoms with E-state index in [1.807, 2.05) is 18.2 Å². The number of rotatable bonds is 6. The number of carbonyl (C=O) groups excluding carboxylic acids is 2. The first-order valence-corrected chi connectivity index (χ1v) is 8.96. The van der Waals surface area contributed by atoms with Gasteiger partial charge in [-0.25, -0.2) is 4.79 Å². The lowest BCUT2D eigenvalue weighted by Gasteiger charge is -2.08. The third-order valence-corrected chi connectivity index (χ3v) is 4.23. The smallest absolute Gasteiger partial charge is 0.347 e. The van der Waals surface area contributed by atoms with Crippen LogP contribution >= 0.6 is 11.6 Å². The highest BCUT2D eigenvalue weighted by Gasteiger charge is 2.32. The van der Waals surface area contributed by atoms with Crippen LogP contribution in [0.1, 0.15) is 5.89 Å². The Labute approximate surface area is 170 Å². The predicted octanol–water partition coefficient (Wildman–Crippen LogP) is 3.36. The fourth-order valence-corrected chi connectivity index (χ4v) is 2.71. The number of nitrogens with zero attached hydrogens (tertiary/aromatic N) is 2. The first-order valence-electron chi connectivity index (χ1n) is 8.58. The van der Waals surface area contributed by atoms with Crippen molar-refractivity contribution in [3.8, 4) is 11.5 Å². The number of halogens is 1. The molecule has 1 N–H and O–H groups in total. The molecule has 0 atom stereocenters. The fourth-order valence-electron chi connectivity index (χ4n) is 2.59. The Balaban J connectivity index is 1.44. The second-order valence-electron chi connectivity index (χ2n) is 5.99. The van der Waals surface area contributed by atoms with Crippen molar-refractivity contribution in [3.63, 3.8) is 0 Å².